The van der Waals surface area contributed by atoms with Gasteiger partial charge in [0.2, 0.25) is 0 Å². The number of fused-ring (bicyclic) bond motifs is 6. The number of halogens is 1. The number of likely N-dealkylation sites (N-methyl/N-ethyl adjacent to an activating group) is 3. The van der Waals surface area contributed by atoms with Crippen LogP contribution in [0.4, 0.5) is 0 Å². The normalized spacial score (nSPS) is 28.3. The highest BCUT2D eigenvalue weighted by molar-refractivity contribution is 9.10. The second kappa shape index (κ2) is 23.1. The van der Waals surface area contributed by atoms with Crippen molar-refractivity contribution in [2.75, 3.05) is 60.8 Å². The van der Waals surface area contributed by atoms with Crippen molar-refractivity contribution < 1.29 is 66.1 Å². The number of aliphatic imine (C=N–C) groups is 3. The maximum absolute atomic E-state index is 13.3. The molecule has 6 aromatic rings. The zero-order chi connectivity index (χ0) is 59.5. The molecule has 3 aromatic carbocycles. The monoisotopic (exact) mass is 1240 g/mol. The first kappa shape index (κ1) is 59.8. The predicted octanol–water partition coefficient (Wildman–Crippen LogP) is 5.88. The lowest BCUT2D eigenvalue weighted by Gasteiger charge is -2.46. The number of amides is 3. The number of carbonyl (C=O) groups is 3. The first-order valence-corrected chi connectivity index (χ1v) is 28.9. The van der Waals surface area contributed by atoms with E-state index in [1.165, 1.54) is 27.0 Å². The van der Waals surface area contributed by atoms with Gasteiger partial charge in [-0.2, -0.15) is 0 Å². The van der Waals surface area contributed by atoms with Gasteiger partial charge in [0.05, 0.1) is 38.6 Å². The van der Waals surface area contributed by atoms with Gasteiger partial charge in [-0.1, -0.05) is 23.4 Å². The van der Waals surface area contributed by atoms with Crippen LogP contribution in [0.5, 0.6) is 17.2 Å². The first-order valence-electron chi connectivity index (χ1n) is 28.1. The molecule has 23 nitrogen and oxygen atoms in total. The van der Waals surface area contributed by atoms with Gasteiger partial charge in [0, 0.05) is 92.5 Å². The van der Waals surface area contributed by atoms with E-state index in [2.05, 4.69) is 35.3 Å². The zero-order valence-electron chi connectivity index (χ0n) is 47.2. The van der Waals surface area contributed by atoms with E-state index in [1.807, 2.05) is 78.9 Å². The summed E-state index contributed by atoms with van der Waals surface area (Å²) in [5.74, 6) is 3.77. The molecule has 0 saturated carbocycles. The summed E-state index contributed by atoms with van der Waals surface area (Å²) in [4.78, 5) is 57.8. The lowest BCUT2D eigenvalue weighted by atomic mass is 9.74. The summed E-state index contributed by atoms with van der Waals surface area (Å²) in [6, 6.07) is 27.7. The molecule has 0 radical (unpaired) electrons. The quantitative estimate of drug-likeness (QED) is 0.129. The molecule has 452 valence electrons. The van der Waals surface area contributed by atoms with E-state index in [0.717, 1.165) is 88.9 Å². The molecule has 15 rings (SSSR count). The second-order valence-electron chi connectivity index (χ2n) is 22.8. The van der Waals surface area contributed by atoms with Crippen molar-refractivity contribution >= 4 is 64.3 Å². The van der Waals surface area contributed by atoms with Crippen molar-refractivity contribution in [3.63, 3.8) is 0 Å². The Bertz CT molecular complexity index is 3440. The summed E-state index contributed by atoms with van der Waals surface area (Å²) in [5.41, 5.74) is 17.3. The summed E-state index contributed by atoms with van der Waals surface area (Å²) in [5, 5.41) is 16.7. The Kier molecular flexibility index (Phi) is 16.0. The topological polar surface area (TPSA) is 311 Å². The van der Waals surface area contributed by atoms with E-state index in [-0.39, 0.29) is 48.7 Å². The maximum Gasteiger partial charge on any atom is 0.526 e. The minimum absolute atomic E-state index is 0. The van der Waals surface area contributed by atoms with Gasteiger partial charge in [0.15, 0.2) is 34.5 Å². The third-order valence-corrected chi connectivity index (χ3v) is 17.6. The molecule has 12 heterocycles. The van der Waals surface area contributed by atoms with Crippen LogP contribution < -0.4 is 37.1 Å². The smallest absolute Gasteiger partial charge is 0.484 e. The summed E-state index contributed by atoms with van der Waals surface area (Å²) >= 11 is 3.47. The van der Waals surface area contributed by atoms with Gasteiger partial charge in [-0.05, 0) is 130 Å². The van der Waals surface area contributed by atoms with Crippen molar-refractivity contribution in [1.82, 2.24) is 14.7 Å². The summed E-state index contributed by atoms with van der Waals surface area (Å²) < 4.78 is 52.7. The van der Waals surface area contributed by atoms with Crippen LogP contribution in [-0.4, -0.2) is 145 Å². The lowest BCUT2D eigenvalue weighted by Crippen LogP contribution is -2.55. The van der Waals surface area contributed by atoms with Crippen LogP contribution in [0, 0.1) is 0 Å². The molecule has 9 aliphatic rings. The highest BCUT2D eigenvalue weighted by Gasteiger charge is 2.61. The number of furan rings is 3. The van der Waals surface area contributed by atoms with Crippen LogP contribution in [0.2, 0.25) is 0 Å². The lowest BCUT2D eigenvalue weighted by molar-refractivity contribution is -0.139. The summed E-state index contributed by atoms with van der Waals surface area (Å²) in [6.45, 7) is 3.51. The van der Waals surface area contributed by atoms with Gasteiger partial charge in [-0.25, -0.2) is 15.0 Å². The van der Waals surface area contributed by atoms with Gasteiger partial charge >= 0.3 is 7.12 Å². The molecule has 0 bridgehead atoms. The number of carbonyl (C=O) groups excluding carboxylic acids is 3. The third-order valence-electron chi connectivity index (χ3n) is 17.1. The minimum Gasteiger partial charge on any atom is -0.484 e. The minimum atomic E-state index is -1.48. The standard InChI is InChI=1S/2C20H21N3O4.C16H18BrN3O3.C4H5BO3.CH4/c2*1-23-17(24)20(22-18(23)21)11-19(7-3-8-25-12-19)27-16-6-5-13(10-14(16)20)15-4-2-9-26-15;1-20-13(21)16(19-14(20)18)8-15(5-2-6-22-9-15)23-12-4-3-10(17)7-11(12)16;6-5(7)4-2-1-3-8-4;/h2*2,4-6,9-10H,3,7-8,11-12H2,1H3,(H2,21,22);3-4,7H,2,5-6,8-9H2,1H3,(H2,18,19);1-3,6-7H;1H4/t19-,20+;19-,20-;;;/m10.../s1. The Morgan fingerprint density at radius 2 is 0.872 bits per heavy atom. The molecule has 6 spiro atoms. The Morgan fingerprint density at radius 3 is 1.16 bits per heavy atom. The van der Waals surface area contributed by atoms with Gasteiger partial charge in [0.1, 0.15) is 51.2 Å². The third kappa shape index (κ3) is 10.5. The molecule has 9 aliphatic heterocycles. The van der Waals surface area contributed by atoms with E-state index in [1.54, 1.807) is 39.7 Å². The van der Waals surface area contributed by atoms with Crippen molar-refractivity contribution in [2.24, 2.45) is 32.2 Å². The van der Waals surface area contributed by atoms with Crippen LogP contribution in [0.1, 0.15) is 81.9 Å². The molecule has 6 atom stereocenters. The highest BCUT2D eigenvalue weighted by atomic mass is 79.9. The molecular weight excluding hydrogens is 1170 g/mol. The van der Waals surface area contributed by atoms with Gasteiger partial charge in [-0.3, -0.25) is 29.1 Å². The largest absolute Gasteiger partial charge is 0.526 e. The van der Waals surface area contributed by atoms with Crippen LogP contribution >= 0.6 is 15.9 Å². The zero-order valence-corrected chi connectivity index (χ0v) is 48.7. The Morgan fingerprint density at radius 1 is 0.512 bits per heavy atom. The van der Waals surface area contributed by atoms with Crippen molar-refractivity contribution in [3.8, 4) is 39.9 Å². The fraction of sp³-hybridized carbons (Fsp3) is 0.410. The number of nitrogens with zero attached hydrogens (tertiary/aromatic N) is 6. The number of guanidine groups is 3. The van der Waals surface area contributed by atoms with Crippen LogP contribution in [0.3, 0.4) is 0 Å². The van der Waals surface area contributed by atoms with Crippen molar-refractivity contribution in [1.29, 1.82) is 0 Å². The fourth-order valence-electron chi connectivity index (χ4n) is 13.0. The number of benzene rings is 3. The van der Waals surface area contributed by atoms with Gasteiger partial charge in [0.25, 0.3) is 17.7 Å². The van der Waals surface area contributed by atoms with Crippen molar-refractivity contribution in [3.05, 3.63) is 131 Å². The Labute approximate surface area is 505 Å². The molecule has 3 saturated heterocycles. The van der Waals surface area contributed by atoms with Crippen molar-refractivity contribution in [2.45, 2.75) is 98.6 Å². The number of rotatable bonds is 3. The Balaban J connectivity index is 0.000000125. The molecule has 3 fully saturated rings. The molecule has 3 amide bonds. The van der Waals surface area contributed by atoms with Gasteiger partial charge < -0.3 is 68.9 Å². The molecular formula is C61H69BBrN9O14. The summed E-state index contributed by atoms with van der Waals surface area (Å²) in [6.07, 6.45) is 11.1. The Hall–Kier alpha value is -7.94. The van der Waals surface area contributed by atoms with Crippen LogP contribution in [0.15, 0.2) is 142 Å². The molecule has 0 aliphatic carbocycles. The van der Waals surface area contributed by atoms with E-state index in [9.17, 15) is 14.4 Å². The average molecular weight is 1240 g/mol. The highest BCUT2D eigenvalue weighted by Crippen LogP contribution is 2.55. The number of hydrogen-bond donors (Lipinski definition) is 5. The average Bonchev–Trinajstić information content (AvgIpc) is 1.43. The van der Waals surface area contributed by atoms with E-state index in [0.29, 0.717) is 69.5 Å². The first-order chi connectivity index (χ1) is 40.8. The predicted molar refractivity (Wildman–Crippen MR) is 320 cm³/mol. The number of ether oxygens (including phenoxy) is 6. The van der Waals surface area contributed by atoms with E-state index in [4.69, 9.17) is 64.5 Å². The number of nitrogens with two attached hydrogens (primary N) is 3. The van der Waals surface area contributed by atoms with Crippen LogP contribution in [-0.2, 0) is 45.2 Å². The molecule has 3 aromatic heterocycles. The maximum atomic E-state index is 13.3. The molecule has 8 N–H and O–H groups in total. The molecule has 2 unspecified atom stereocenters. The van der Waals surface area contributed by atoms with E-state index < -0.39 is 40.5 Å². The molecule has 25 heteroatoms. The second-order valence-corrected chi connectivity index (χ2v) is 23.8. The number of hydrogen-bond acceptors (Lipinski definition) is 20. The molecule has 86 heavy (non-hydrogen) atoms. The fourth-order valence-corrected chi connectivity index (χ4v) is 13.4. The van der Waals surface area contributed by atoms with Gasteiger partial charge in [-0.15, -0.1) is 0 Å². The summed E-state index contributed by atoms with van der Waals surface area (Å²) in [7, 11) is 3.49. The van der Waals surface area contributed by atoms with E-state index >= 15 is 0 Å². The SMILES string of the molecule is C.CN1C(=O)C2(CC3(CCCOC3)Oc3ccc(Br)cc32)N=C1N.CN1C(=O)[C@@]2(C[C@@]3(CCCOC3)Oc3ccc(-c4ccco4)cc32)N=C1N.CN1C(=O)[C@@]2(C[C@]3(CCCOC3)Oc3ccc(-c4ccco4)cc32)N=C1N.OB(O)c1ccco1. The van der Waals surface area contributed by atoms with Crippen LogP contribution in [0.25, 0.3) is 22.6 Å².